The molecule has 1 amide bonds. The lowest BCUT2D eigenvalue weighted by Gasteiger charge is -2.13. The van der Waals surface area contributed by atoms with E-state index in [1.54, 1.807) is 12.3 Å². The Morgan fingerprint density at radius 1 is 1.60 bits per heavy atom. The first-order chi connectivity index (χ1) is 7.26. The molecule has 1 unspecified atom stereocenters. The highest BCUT2D eigenvalue weighted by atomic mass is 16.3. The van der Waals surface area contributed by atoms with Gasteiger partial charge < -0.3 is 10.4 Å². The predicted molar refractivity (Wildman–Crippen MR) is 57.2 cm³/mol. The minimum Gasteiger partial charge on any atom is -0.394 e. The molecule has 0 bridgehead atoms. The van der Waals surface area contributed by atoms with E-state index in [9.17, 15) is 4.79 Å². The van der Waals surface area contributed by atoms with Gasteiger partial charge in [0.05, 0.1) is 19.1 Å². The van der Waals surface area contributed by atoms with Crippen LogP contribution in [-0.4, -0.2) is 28.6 Å². The van der Waals surface area contributed by atoms with E-state index in [0.29, 0.717) is 0 Å². The number of carbonyl (C=O) groups excluding carboxylic acids is 1. The van der Waals surface area contributed by atoms with Crippen molar-refractivity contribution in [3.63, 3.8) is 0 Å². The molecule has 0 spiro atoms. The molecule has 4 heteroatoms. The van der Waals surface area contributed by atoms with Crippen LogP contribution in [-0.2, 0) is 11.2 Å². The number of carbonyl (C=O) groups is 1. The molecule has 0 aromatic carbocycles. The Labute approximate surface area is 89.3 Å². The van der Waals surface area contributed by atoms with Crippen LogP contribution >= 0.6 is 0 Å². The lowest BCUT2D eigenvalue weighted by atomic mass is 10.2. The molecule has 1 atom stereocenters. The molecule has 82 valence electrons. The van der Waals surface area contributed by atoms with E-state index in [0.717, 1.165) is 12.1 Å². The molecule has 1 rings (SSSR count). The highest BCUT2D eigenvalue weighted by molar-refractivity contribution is 5.78. The second kappa shape index (κ2) is 6.14. The van der Waals surface area contributed by atoms with Crippen LogP contribution in [0.25, 0.3) is 0 Å². The molecule has 0 aliphatic heterocycles. The Morgan fingerprint density at radius 2 is 2.40 bits per heavy atom. The zero-order valence-corrected chi connectivity index (χ0v) is 8.81. The van der Waals surface area contributed by atoms with Crippen LogP contribution in [0.5, 0.6) is 0 Å². The van der Waals surface area contributed by atoms with Crippen molar-refractivity contribution in [1.29, 1.82) is 0 Å². The summed E-state index contributed by atoms with van der Waals surface area (Å²) >= 11 is 0. The van der Waals surface area contributed by atoms with Crippen molar-refractivity contribution in [3.8, 4) is 0 Å². The highest BCUT2D eigenvalue weighted by Gasteiger charge is 2.09. The number of hydrogen-bond acceptors (Lipinski definition) is 3. The number of aromatic nitrogens is 1. The van der Waals surface area contributed by atoms with Gasteiger partial charge in [-0.3, -0.25) is 9.78 Å². The number of nitrogens with one attached hydrogen (secondary N) is 1. The summed E-state index contributed by atoms with van der Waals surface area (Å²) in [5, 5.41) is 11.6. The van der Waals surface area contributed by atoms with Crippen molar-refractivity contribution in [2.75, 3.05) is 6.61 Å². The highest BCUT2D eigenvalue weighted by Crippen LogP contribution is 1.96. The maximum absolute atomic E-state index is 11.5. The summed E-state index contributed by atoms with van der Waals surface area (Å²) < 4.78 is 0. The van der Waals surface area contributed by atoms with Gasteiger partial charge in [0, 0.05) is 11.9 Å². The van der Waals surface area contributed by atoms with Gasteiger partial charge >= 0.3 is 0 Å². The molecule has 0 fully saturated rings. The number of aliphatic hydroxyl groups is 1. The average molecular weight is 208 g/mol. The van der Waals surface area contributed by atoms with Gasteiger partial charge in [-0.05, 0) is 18.6 Å². The zero-order chi connectivity index (χ0) is 11.1. The SMILES string of the molecule is CCC(CO)NC(=O)Cc1ccccn1. The van der Waals surface area contributed by atoms with Crippen molar-refractivity contribution in [2.45, 2.75) is 25.8 Å². The molecule has 0 radical (unpaired) electrons. The quantitative estimate of drug-likeness (QED) is 0.741. The molecule has 0 saturated heterocycles. The third kappa shape index (κ3) is 4.08. The van der Waals surface area contributed by atoms with Crippen LogP contribution in [0.4, 0.5) is 0 Å². The Balaban J connectivity index is 2.43. The fourth-order valence-corrected chi connectivity index (χ4v) is 1.22. The van der Waals surface area contributed by atoms with Gasteiger partial charge in [-0.15, -0.1) is 0 Å². The molecule has 2 N–H and O–H groups in total. The molecular weight excluding hydrogens is 192 g/mol. The van der Waals surface area contributed by atoms with E-state index in [-0.39, 0.29) is 25.0 Å². The van der Waals surface area contributed by atoms with Crippen molar-refractivity contribution < 1.29 is 9.90 Å². The van der Waals surface area contributed by atoms with Crippen LogP contribution in [0.3, 0.4) is 0 Å². The van der Waals surface area contributed by atoms with Crippen molar-refractivity contribution in [1.82, 2.24) is 10.3 Å². The van der Waals surface area contributed by atoms with Crippen LogP contribution < -0.4 is 5.32 Å². The fourth-order valence-electron chi connectivity index (χ4n) is 1.22. The lowest BCUT2D eigenvalue weighted by molar-refractivity contribution is -0.121. The van der Waals surface area contributed by atoms with E-state index in [2.05, 4.69) is 10.3 Å². The molecule has 0 saturated carbocycles. The summed E-state index contributed by atoms with van der Waals surface area (Å²) in [5.74, 6) is -0.102. The van der Waals surface area contributed by atoms with Crippen molar-refractivity contribution in [3.05, 3.63) is 30.1 Å². The second-order valence-corrected chi connectivity index (χ2v) is 3.35. The Kier molecular flexibility index (Phi) is 4.77. The van der Waals surface area contributed by atoms with Crippen LogP contribution in [0, 0.1) is 0 Å². The van der Waals surface area contributed by atoms with Crippen LogP contribution in [0.2, 0.25) is 0 Å². The smallest absolute Gasteiger partial charge is 0.226 e. The molecule has 1 aromatic rings. The van der Waals surface area contributed by atoms with E-state index >= 15 is 0 Å². The first-order valence-corrected chi connectivity index (χ1v) is 5.06. The molecule has 1 heterocycles. The number of hydrogen-bond donors (Lipinski definition) is 2. The fraction of sp³-hybridized carbons (Fsp3) is 0.455. The van der Waals surface area contributed by atoms with Gasteiger partial charge in [-0.1, -0.05) is 13.0 Å². The standard InChI is InChI=1S/C11H16N2O2/c1-2-9(8-14)13-11(15)7-10-5-3-4-6-12-10/h3-6,9,14H,2,7-8H2,1H3,(H,13,15). The molecule has 0 aliphatic rings. The third-order valence-electron chi connectivity index (χ3n) is 2.15. The van der Waals surface area contributed by atoms with E-state index in [4.69, 9.17) is 5.11 Å². The Morgan fingerprint density at radius 3 is 2.93 bits per heavy atom. The number of pyridine rings is 1. The number of aliphatic hydroxyl groups excluding tert-OH is 1. The van der Waals surface area contributed by atoms with Gasteiger partial charge in [0.15, 0.2) is 0 Å². The molecule has 4 nitrogen and oxygen atoms in total. The largest absolute Gasteiger partial charge is 0.394 e. The topological polar surface area (TPSA) is 62.2 Å². The third-order valence-corrected chi connectivity index (χ3v) is 2.15. The van der Waals surface area contributed by atoms with Gasteiger partial charge in [0.1, 0.15) is 0 Å². The van der Waals surface area contributed by atoms with E-state index in [1.807, 2.05) is 19.1 Å². The molecular formula is C11H16N2O2. The van der Waals surface area contributed by atoms with Gasteiger partial charge in [0.25, 0.3) is 0 Å². The molecule has 0 aliphatic carbocycles. The minimum atomic E-state index is -0.152. The van der Waals surface area contributed by atoms with Crippen LogP contribution in [0.1, 0.15) is 19.0 Å². The zero-order valence-electron chi connectivity index (χ0n) is 8.81. The average Bonchev–Trinajstić information content (AvgIpc) is 2.27. The summed E-state index contributed by atoms with van der Waals surface area (Å²) in [7, 11) is 0. The summed E-state index contributed by atoms with van der Waals surface area (Å²) in [4.78, 5) is 15.5. The number of nitrogens with zero attached hydrogens (tertiary/aromatic N) is 1. The monoisotopic (exact) mass is 208 g/mol. The maximum atomic E-state index is 11.5. The Bertz CT molecular complexity index is 297. The summed E-state index contributed by atoms with van der Waals surface area (Å²) in [6.45, 7) is 1.90. The first-order valence-electron chi connectivity index (χ1n) is 5.06. The minimum absolute atomic E-state index is 0.0234. The second-order valence-electron chi connectivity index (χ2n) is 3.35. The van der Waals surface area contributed by atoms with Gasteiger partial charge in [-0.2, -0.15) is 0 Å². The van der Waals surface area contributed by atoms with Gasteiger partial charge in [0.2, 0.25) is 5.91 Å². The molecule has 1 aromatic heterocycles. The number of amides is 1. The molecule has 15 heavy (non-hydrogen) atoms. The summed E-state index contributed by atoms with van der Waals surface area (Å²) in [6.07, 6.45) is 2.65. The van der Waals surface area contributed by atoms with E-state index < -0.39 is 0 Å². The van der Waals surface area contributed by atoms with Crippen molar-refractivity contribution >= 4 is 5.91 Å². The first kappa shape index (κ1) is 11.7. The van der Waals surface area contributed by atoms with Crippen LogP contribution in [0.15, 0.2) is 24.4 Å². The van der Waals surface area contributed by atoms with Gasteiger partial charge in [-0.25, -0.2) is 0 Å². The lowest BCUT2D eigenvalue weighted by Crippen LogP contribution is -2.37. The normalized spacial score (nSPS) is 12.1. The Hall–Kier alpha value is -1.42. The summed E-state index contributed by atoms with van der Waals surface area (Å²) in [5.41, 5.74) is 0.739. The number of rotatable bonds is 5. The van der Waals surface area contributed by atoms with E-state index in [1.165, 1.54) is 0 Å². The van der Waals surface area contributed by atoms with Crippen molar-refractivity contribution in [2.24, 2.45) is 0 Å². The maximum Gasteiger partial charge on any atom is 0.226 e. The predicted octanol–water partition coefficient (Wildman–Crippen LogP) is 0.511. The summed E-state index contributed by atoms with van der Waals surface area (Å²) in [6, 6.07) is 5.31.